The Morgan fingerprint density at radius 3 is 2.42 bits per heavy atom. The summed E-state index contributed by atoms with van der Waals surface area (Å²) in [4.78, 5) is 0. The molecule has 0 unspecified atom stereocenters. The van der Waals surface area contributed by atoms with E-state index in [1.54, 1.807) is 5.57 Å². The van der Waals surface area contributed by atoms with Crippen LogP contribution >= 0.6 is 0 Å². The number of rotatable bonds is 10. The lowest BCUT2D eigenvalue weighted by Crippen LogP contribution is -2.08. The molecule has 0 heteroatoms. The van der Waals surface area contributed by atoms with Crippen molar-refractivity contribution in [2.45, 2.75) is 85.5 Å². The van der Waals surface area contributed by atoms with Crippen molar-refractivity contribution in [1.29, 1.82) is 0 Å². The molecule has 1 rings (SSSR count). The molecule has 0 atom stereocenters. The Balaban J connectivity index is 2.26. The van der Waals surface area contributed by atoms with Gasteiger partial charge >= 0.3 is 0 Å². The van der Waals surface area contributed by atoms with Gasteiger partial charge in [-0.2, -0.15) is 0 Å². The van der Waals surface area contributed by atoms with Gasteiger partial charge in [0.05, 0.1) is 0 Å². The van der Waals surface area contributed by atoms with Crippen molar-refractivity contribution in [3.63, 3.8) is 0 Å². The first kappa shape index (κ1) is 16.5. The van der Waals surface area contributed by atoms with Gasteiger partial charge in [0, 0.05) is 0 Å². The van der Waals surface area contributed by atoms with Crippen LogP contribution in [0.25, 0.3) is 0 Å². The molecule has 0 heterocycles. The SMILES string of the molecule is CCC=CC(=CCCC)CCCCC1(C(C)C)CC1. The van der Waals surface area contributed by atoms with E-state index in [9.17, 15) is 0 Å². The number of hydrogen-bond donors (Lipinski definition) is 0. The van der Waals surface area contributed by atoms with Crippen molar-refractivity contribution < 1.29 is 0 Å². The topological polar surface area (TPSA) is 0 Å². The molecule has 0 aromatic rings. The molecule has 0 nitrogen and oxygen atoms in total. The molecule has 0 spiro atoms. The molecule has 0 radical (unpaired) electrons. The first-order valence-electron chi connectivity index (χ1n) is 8.50. The Hall–Kier alpha value is -0.520. The molecule has 0 N–H and O–H groups in total. The number of hydrogen-bond acceptors (Lipinski definition) is 0. The highest BCUT2D eigenvalue weighted by Gasteiger charge is 2.44. The zero-order chi connectivity index (χ0) is 14.1. The predicted octanol–water partition coefficient (Wildman–Crippen LogP) is 6.68. The fourth-order valence-corrected chi connectivity index (χ4v) is 2.94. The molecule has 19 heavy (non-hydrogen) atoms. The molecule has 0 amide bonds. The lowest BCUT2D eigenvalue weighted by molar-refractivity contribution is 0.322. The monoisotopic (exact) mass is 262 g/mol. The molecule has 0 saturated heterocycles. The van der Waals surface area contributed by atoms with E-state index >= 15 is 0 Å². The molecule has 1 aliphatic rings. The Bertz CT molecular complexity index is 289. The van der Waals surface area contributed by atoms with Gasteiger partial charge in [0.25, 0.3) is 0 Å². The van der Waals surface area contributed by atoms with Gasteiger partial charge in [-0.1, -0.05) is 64.3 Å². The molecular weight excluding hydrogens is 228 g/mol. The summed E-state index contributed by atoms with van der Waals surface area (Å²) in [5.74, 6) is 0.891. The first-order valence-corrected chi connectivity index (χ1v) is 8.50. The molecule has 1 saturated carbocycles. The van der Waals surface area contributed by atoms with Crippen LogP contribution in [-0.4, -0.2) is 0 Å². The summed E-state index contributed by atoms with van der Waals surface area (Å²) in [6.07, 6.45) is 19.3. The van der Waals surface area contributed by atoms with Crippen LogP contribution in [0.5, 0.6) is 0 Å². The van der Waals surface area contributed by atoms with Gasteiger partial charge in [0.15, 0.2) is 0 Å². The third-order valence-electron chi connectivity index (χ3n) is 4.77. The van der Waals surface area contributed by atoms with Crippen molar-refractivity contribution in [2.24, 2.45) is 11.3 Å². The van der Waals surface area contributed by atoms with E-state index in [1.807, 2.05) is 0 Å². The summed E-state index contributed by atoms with van der Waals surface area (Å²) in [6.45, 7) is 9.29. The molecule has 1 aliphatic carbocycles. The van der Waals surface area contributed by atoms with Gasteiger partial charge in [0.1, 0.15) is 0 Å². The quantitative estimate of drug-likeness (QED) is 0.304. The Morgan fingerprint density at radius 2 is 1.89 bits per heavy atom. The van der Waals surface area contributed by atoms with Crippen molar-refractivity contribution in [3.05, 3.63) is 23.8 Å². The van der Waals surface area contributed by atoms with E-state index in [-0.39, 0.29) is 0 Å². The lowest BCUT2D eigenvalue weighted by atomic mass is 9.87. The first-order chi connectivity index (χ1) is 9.14. The molecule has 110 valence electrons. The second-order valence-corrected chi connectivity index (χ2v) is 6.60. The van der Waals surface area contributed by atoms with Crippen molar-refractivity contribution in [2.75, 3.05) is 0 Å². The van der Waals surface area contributed by atoms with Gasteiger partial charge in [-0.25, -0.2) is 0 Å². The van der Waals surface area contributed by atoms with Crippen LogP contribution in [0.15, 0.2) is 23.8 Å². The summed E-state index contributed by atoms with van der Waals surface area (Å²) in [6, 6.07) is 0. The number of allylic oxidation sites excluding steroid dienone is 4. The van der Waals surface area contributed by atoms with Crippen LogP contribution in [0.3, 0.4) is 0 Å². The second kappa shape index (κ2) is 8.61. The van der Waals surface area contributed by atoms with Gasteiger partial charge in [-0.3, -0.25) is 0 Å². The maximum atomic E-state index is 2.45. The average molecular weight is 262 g/mol. The normalized spacial score (nSPS) is 18.5. The smallest absolute Gasteiger partial charge is 0.0274 e. The third-order valence-corrected chi connectivity index (χ3v) is 4.77. The van der Waals surface area contributed by atoms with E-state index in [0.717, 1.165) is 17.8 Å². The highest BCUT2D eigenvalue weighted by Crippen LogP contribution is 2.55. The summed E-state index contributed by atoms with van der Waals surface area (Å²) >= 11 is 0. The summed E-state index contributed by atoms with van der Waals surface area (Å²) in [7, 11) is 0. The largest absolute Gasteiger partial charge is 0.0845 e. The summed E-state index contributed by atoms with van der Waals surface area (Å²) in [5.41, 5.74) is 2.31. The minimum absolute atomic E-state index is 0.743. The second-order valence-electron chi connectivity index (χ2n) is 6.60. The van der Waals surface area contributed by atoms with E-state index in [4.69, 9.17) is 0 Å². The van der Waals surface area contributed by atoms with Crippen LogP contribution in [0, 0.1) is 11.3 Å². The van der Waals surface area contributed by atoms with Crippen LogP contribution in [-0.2, 0) is 0 Å². The maximum Gasteiger partial charge on any atom is -0.0274 e. The average Bonchev–Trinajstić information content (AvgIpc) is 3.18. The zero-order valence-electron chi connectivity index (χ0n) is 13.7. The van der Waals surface area contributed by atoms with Gasteiger partial charge in [0.2, 0.25) is 0 Å². The van der Waals surface area contributed by atoms with E-state index in [0.29, 0.717) is 0 Å². The predicted molar refractivity (Wildman–Crippen MR) is 87.4 cm³/mol. The maximum absolute atomic E-state index is 2.45. The van der Waals surface area contributed by atoms with Gasteiger partial charge < -0.3 is 0 Å². The Labute approximate surface area is 121 Å². The molecular formula is C19H34. The Kier molecular flexibility index (Phi) is 7.49. The highest BCUT2D eigenvalue weighted by molar-refractivity contribution is 5.18. The van der Waals surface area contributed by atoms with E-state index < -0.39 is 0 Å². The highest BCUT2D eigenvalue weighted by atomic mass is 14.5. The van der Waals surface area contributed by atoms with Crippen molar-refractivity contribution >= 4 is 0 Å². The van der Waals surface area contributed by atoms with E-state index in [1.165, 1.54) is 51.4 Å². The molecule has 0 aliphatic heterocycles. The standard InChI is InChI=1S/C19H34/c1-5-7-11-18(12-8-6-2)13-9-10-14-19(15-16-19)17(3)4/h7,11-12,17H,5-6,8-10,13-16H2,1-4H3. The van der Waals surface area contributed by atoms with Crippen molar-refractivity contribution in [1.82, 2.24) is 0 Å². The van der Waals surface area contributed by atoms with E-state index in [2.05, 4.69) is 45.9 Å². The molecule has 0 aromatic heterocycles. The van der Waals surface area contributed by atoms with Crippen LogP contribution in [0.4, 0.5) is 0 Å². The van der Waals surface area contributed by atoms with Gasteiger partial charge in [-0.05, 0) is 56.3 Å². The number of unbranched alkanes of at least 4 members (excludes halogenated alkanes) is 2. The fraction of sp³-hybridized carbons (Fsp3) is 0.789. The van der Waals surface area contributed by atoms with Crippen LogP contribution < -0.4 is 0 Å². The Morgan fingerprint density at radius 1 is 1.16 bits per heavy atom. The minimum atomic E-state index is 0.743. The zero-order valence-corrected chi connectivity index (χ0v) is 13.7. The fourth-order valence-electron chi connectivity index (χ4n) is 2.94. The van der Waals surface area contributed by atoms with Crippen LogP contribution in [0.2, 0.25) is 0 Å². The molecule has 0 bridgehead atoms. The van der Waals surface area contributed by atoms with Gasteiger partial charge in [-0.15, -0.1) is 0 Å². The minimum Gasteiger partial charge on any atom is -0.0845 e. The lowest BCUT2D eigenvalue weighted by Gasteiger charge is -2.19. The summed E-state index contributed by atoms with van der Waals surface area (Å²) in [5, 5.41) is 0. The summed E-state index contributed by atoms with van der Waals surface area (Å²) < 4.78 is 0. The molecule has 0 aromatic carbocycles. The third kappa shape index (κ3) is 5.97. The molecule has 1 fully saturated rings. The van der Waals surface area contributed by atoms with Crippen molar-refractivity contribution in [3.8, 4) is 0 Å². The van der Waals surface area contributed by atoms with Crippen LogP contribution in [0.1, 0.15) is 85.5 Å².